The summed E-state index contributed by atoms with van der Waals surface area (Å²) in [6, 6.07) is 2.37. The average molecular weight is 292 g/mol. The molecule has 0 bridgehead atoms. The second-order valence-electron chi connectivity index (χ2n) is 6.28. The van der Waals surface area contributed by atoms with Gasteiger partial charge in [-0.1, -0.05) is 6.92 Å². The third-order valence-corrected chi connectivity index (χ3v) is 5.94. The van der Waals surface area contributed by atoms with Crippen molar-refractivity contribution in [2.24, 2.45) is 11.7 Å². The molecule has 0 radical (unpaired) electrons. The first-order valence-corrected chi connectivity index (χ1v) is 8.63. The van der Waals surface area contributed by atoms with Gasteiger partial charge in [0.15, 0.2) is 0 Å². The lowest BCUT2D eigenvalue weighted by molar-refractivity contribution is 0.0578. The van der Waals surface area contributed by atoms with Crippen molar-refractivity contribution < 1.29 is 4.79 Å². The number of fused-ring (bicyclic) bond motifs is 1. The van der Waals surface area contributed by atoms with Gasteiger partial charge in [0.25, 0.3) is 5.91 Å². The highest BCUT2D eigenvalue weighted by molar-refractivity contribution is 7.14. The Morgan fingerprint density at radius 3 is 3.00 bits per heavy atom. The third kappa shape index (κ3) is 2.63. The number of nitrogens with zero attached hydrogens (tertiary/aromatic N) is 1. The molecule has 1 amide bonds. The quantitative estimate of drug-likeness (QED) is 0.911. The maximum absolute atomic E-state index is 12.8. The minimum atomic E-state index is 0.215. The smallest absolute Gasteiger partial charge is 0.264 e. The van der Waals surface area contributed by atoms with Gasteiger partial charge >= 0.3 is 0 Å². The standard InChI is InChI=1S/C16H24N2OS/c1-11-6-7-18(13(8-11)10-17)16(19)15-9-12-4-2-3-5-14(12)20-15/h9,11,13H,2-8,10,17H2,1H3. The largest absolute Gasteiger partial charge is 0.334 e. The fourth-order valence-electron chi connectivity index (χ4n) is 3.48. The van der Waals surface area contributed by atoms with Crippen molar-refractivity contribution in [3.8, 4) is 0 Å². The molecule has 1 saturated heterocycles. The van der Waals surface area contributed by atoms with Crippen molar-refractivity contribution >= 4 is 17.2 Å². The summed E-state index contributed by atoms with van der Waals surface area (Å²) in [6.45, 7) is 3.71. The number of likely N-dealkylation sites (tertiary alicyclic amines) is 1. The highest BCUT2D eigenvalue weighted by atomic mass is 32.1. The molecular weight excluding hydrogens is 268 g/mol. The molecule has 1 aromatic heterocycles. The number of hydrogen-bond acceptors (Lipinski definition) is 3. The van der Waals surface area contributed by atoms with Crippen molar-refractivity contribution in [2.45, 2.75) is 51.5 Å². The predicted molar refractivity (Wildman–Crippen MR) is 83.2 cm³/mol. The van der Waals surface area contributed by atoms with Gasteiger partial charge < -0.3 is 10.6 Å². The molecule has 0 saturated carbocycles. The molecule has 1 fully saturated rings. The average Bonchev–Trinajstić information content (AvgIpc) is 2.90. The molecule has 20 heavy (non-hydrogen) atoms. The van der Waals surface area contributed by atoms with E-state index in [0.29, 0.717) is 12.5 Å². The molecule has 110 valence electrons. The van der Waals surface area contributed by atoms with Crippen LogP contribution in [0.2, 0.25) is 0 Å². The Hall–Kier alpha value is -0.870. The van der Waals surface area contributed by atoms with Gasteiger partial charge in [-0.25, -0.2) is 0 Å². The van der Waals surface area contributed by atoms with E-state index < -0.39 is 0 Å². The summed E-state index contributed by atoms with van der Waals surface area (Å²) in [5.41, 5.74) is 7.29. The van der Waals surface area contributed by atoms with E-state index in [0.717, 1.165) is 37.1 Å². The van der Waals surface area contributed by atoms with Crippen molar-refractivity contribution in [1.82, 2.24) is 4.90 Å². The molecular formula is C16H24N2OS. The van der Waals surface area contributed by atoms with E-state index in [1.807, 2.05) is 4.90 Å². The molecule has 2 aliphatic rings. The van der Waals surface area contributed by atoms with Crippen LogP contribution in [0.1, 0.15) is 52.7 Å². The van der Waals surface area contributed by atoms with Crippen molar-refractivity contribution in [2.75, 3.05) is 13.1 Å². The lowest BCUT2D eigenvalue weighted by atomic mass is 9.92. The van der Waals surface area contributed by atoms with Crippen LogP contribution in [0.15, 0.2) is 6.07 Å². The van der Waals surface area contributed by atoms with Crippen LogP contribution in [0.25, 0.3) is 0 Å². The number of piperidine rings is 1. The lowest BCUT2D eigenvalue weighted by Crippen LogP contribution is -2.49. The van der Waals surface area contributed by atoms with Crippen LogP contribution in [0, 0.1) is 5.92 Å². The van der Waals surface area contributed by atoms with E-state index >= 15 is 0 Å². The zero-order valence-electron chi connectivity index (χ0n) is 12.2. The molecule has 2 atom stereocenters. The zero-order chi connectivity index (χ0) is 14.1. The Balaban J connectivity index is 1.79. The first-order chi connectivity index (χ1) is 9.69. The number of nitrogens with two attached hydrogens (primary N) is 1. The van der Waals surface area contributed by atoms with Crippen LogP contribution >= 0.6 is 11.3 Å². The van der Waals surface area contributed by atoms with E-state index in [1.165, 1.54) is 23.3 Å². The molecule has 2 heterocycles. The summed E-state index contributed by atoms with van der Waals surface area (Å²) >= 11 is 1.72. The Morgan fingerprint density at radius 2 is 2.25 bits per heavy atom. The number of amides is 1. The van der Waals surface area contributed by atoms with Gasteiger partial charge in [-0.3, -0.25) is 4.79 Å². The molecule has 3 rings (SSSR count). The van der Waals surface area contributed by atoms with Gasteiger partial charge in [0.1, 0.15) is 0 Å². The van der Waals surface area contributed by atoms with Gasteiger partial charge in [-0.2, -0.15) is 0 Å². The number of carbonyl (C=O) groups excluding carboxylic acids is 1. The Kier molecular flexibility index (Phi) is 4.13. The Bertz CT molecular complexity index is 473. The molecule has 3 nitrogen and oxygen atoms in total. The molecule has 0 aromatic carbocycles. The summed E-state index contributed by atoms with van der Waals surface area (Å²) in [5.74, 6) is 0.899. The first kappa shape index (κ1) is 14.1. The van der Waals surface area contributed by atoms with E-state index in [2.05, 4.69) is 13.0 Å². The first-order valence-electron chi connectivity index (χ1n) is 7.81. The fraction of sp³-hybridized carbons (Fsp3) is 0.688. The maximum atomic E-state index is 12.8. The lowest BCUT2D eigenvalue weighted by Gasteiger charge is -2.37. The Morgan fingerprint density at radius 1 is 1.45 bits per heavy atom. The number of thiophene rings is 1. The molecule has 1 aromatic rings. The van der Waals surface area contributed by atoms with Gasteiger partial charge in [0, 0.05) is 24.0 Å². The number of hydrogen-bond donors (Lipinski definition) is 1. The highest BCUT2D eigenvalue weighted by Crippen LogP contribution is 2.32. The van der Waals surface area contributed by atoms with Gasteiger partial charge in [0.2, 0.25) is 0 Å². The summed E-state index contributed by atoms with van der Waals surface area (Å²) in [7, 11) is 0. The summed E-state index contributed by atoms with van der Waals surface area (Å²) < 4.78 is 0. The van der Waals surface area contributed by atoms with Gasteiger partial charge in [-0.15, -0.1) is 11.3 Å². The second-order valence-corrected chi connectivity index (χ2v) is 7.42. The predicted octanol–water partition coefficient (Wildman–Crippen LogP) is 2.83. The van der Waals surface area contributed by atoms with E-state index in [9.17, 15) is 4.79 Å². The summed E-state index contributed by atoms with van der Waals surface area (Å²) in [5, 5.41) is 0. The van der Waals surface area contributed by atoms with E-state index in [-0.39, 0.29) is 11.9 Å². The second kappa shape index (κ2) is 5.86. The molecule has 4 heteroatoms. The van der Waals surface area contributed by atoms with Crippen molar-refractivity contribution in [1.29, 1.82) is 0 Å². The number of rotatable bonds is 2. The van der Waals surface area contributed by atoms with Crippen molar-refractivity contribution in [3.05, 3.63) is 21.4 Å². The zero-order valence-corrected chi connectivity index (χ0v) is 13.0. The monoisotopic (exact) mass is 292 g/mol. The van der Waals surface area contributed by atoms with E-state index in [4.69, 9.17) is 5.73 Å². The highest BCUT2D eigenvalue weighted by Gasteiger charge is 2.30. The van der Waals surface area contributed by atoms with Crippen LogP contribution < -0.4 is 5.73 Å². The number of aryl methyl sites for hydroxylation is 2. The van der Waals surface area contributed by atoms with Crippen LogP contribution in [0.4, 0.5) is 0 Å². The minimum absolute atomic E-state index is 0.215. The van der Waals surface area contributed by atoms with Crippen LogP contribution in [-0.2, 0) is 12.8 Å². The fourth-order valence-corrected chi connectivity index (χ4v) is 4.69. The minimum Gasteiger partial charge on any atom is -0.334 e. The third-order valence-electron chi connectivity index (χ3n) is 4.72. The molecule has 2 unspecified atom stereocenters. The Labute approximate surface area is 125 Å². The number of carbonyl (C=O) groups is 1. The van der Waals surface area contributed by atoms with Crippen LogP contribution in [0.5, 0.6) is 0 Å². The molecule has 0 spiro atoms. The molecule has 1 aliphatic heterocycles. The van der Waals surface area contributed by atoms with Crippen LogP contribution in [0.3, 0.4) is 0 Å². The van der Waals surface area contributed by atoms with Crippen LogP contribution in [-0.4, -0.2) is 29.9 Å². The van der Waals surface area contributed by atoms with E-state index in [1.54, 1.807) is 11.3 Å². The SMILES string of the molecule is CC1CCN(C(=O)c2cc3c(s2)CCCC3)C(CN)C1. The maximum Gasteiger partial charge on any atom is 0.264 e. The van der Waals surface area contributed by atoms with Crippen molar-refractivity contribution in [3.63, 3.8) is 0 Å². The summed E-state index contributed by atoms with van der Waals surface area (Å²) in [6.07, 6.45) is 7.00. The topological polar surface area (TPSA) is 46.3 Å². The summed E-state index contributed by atoms with van der Waals surface area (Å²) in [4.78, 5) is 17.2. The molecule has 1 aliphatic carbocycles. The van der Waals surface area contributed by atoms with Gasteiger partial charge in [0.05, 0.1) is 4.88 Å². The molecule has 2 N–H and O–H groups in total. The normalized spacial score (nSPS) is 26.4. The van der Waals surface area contributed by atoms with Gasteiger partial charge in [-0.05, 0) is 56.1 Å².